The van der Waals surface area contributed by atoms with E-state index in [1.807, 2.05) is 6.20 Å². The molecule has 11 heavy (non-hydrogen) atoms. The van der Waals surface area contributed by atoms with Gasteiger partial charge in [0.15, 0.2) is 4.47 Å². The molecule has 1 aliphatic heterocycles. The highest BCUT2D eigenvalue weighted by molar-refractivity contribution is 7.15. The predicted molar refractivity (Wildman–Crippen MR) is 47.1 cm³/mol. The topological polar surface area (TPSA) is 24.9 Å². The van der Waals surface area contributed by atoms with Crippen molar-refractivity contribution in [1.82, 2.24) is 10.3 Å². The van der Waals surface area contributed by atoms with Crippen LogP contribution in [0, 0.1) is 0 Å². The third-order valence-corrected chi connectivity index (χ3v) is 3.13. The van der Waals surface area contributed by atoms with Gasteiger partial charge in [0, 0.05) is 17.1 Å². The van der Waals surface area contributed by atoms with Gasteiger partial charge in [0.1, 0.15) is 0 Å². The summed E-state index contributed by atoms with van der Waals surface area (Å²) in [6, 6.07) is 0.514. The minimum absolute atomic E-state index is 0.514. The number of aromatic nitrogens is 1. The van der Waals surface area contributed by atoms with Gasteiger partial charge in [0.05, 0.1) is 0 Å². The van der Waals surface area contributed by atoms with Gasteiger partial charge >= 0.3 is 0 Å². The average molecular weight is 189 g/mol. The molecule has 0 amide bonds. The molecule has 2 heterocycles. The summed E-state index contributed by atoms with van der Waals surface area (Å²) in [6.07, 6.45) is 4.36. The zero-order chi connectivity index (χ0) is 7.68. The first-order valence-electron chi connectivity index (χ1n) is 3.71. The molecule has 1 fully saturated rings. The summed E-state index contributed by atoms with van der Waals surface area (Å²) in [5.41, 5.74) is 0. The summed E-state index contributed by atoms with van der Waals surface area (Å²) in [5.74, 6) is 0. The standard InChI is InChI=1S/C7H9ClN2S/c8-7-10-4-6(11-7)5-2-1-3-9-5/h4-5,9H,1-3H2. The van der Waals surface area contributed by atoms with Gasteiger partial charge in [-0.1, -0.05) is 11.6 Å². The Morgan fingerprint density at radius 3 is 3.18 bits per heavy atom. The van der Waals surface area contributed by atoms with Crippen LogP contribution in [-0.2, 0) is 0 Å². The molecule has 60 valence electrons. The van der Waals surface area contributed by atoms with Crippen LogP contribution in [0.5, 0.6) is 0 Å². The van der Waals surface area contributed by atoms with Crippen LogP contribution in [0.4, 0.5) is 0 Å². The lowest BCUT2D eigenvalue weighted by molar-refractivity contribution is 0.658. The first-order chi connectivity index (χ1) is 5.36. The molecule has 1 saturated heterocycles. The van der Waals surface area contributed by atoms with Gasteiger partial charge in [0.2, 0.25) is 0 Å². The van der Waals surface area contributed by atoms with Gasteiger partial charge in [-0.25, -0.2) is 4.98 Å². The highest BCUT2D eigenvalue weighted by atomic mass is 35.5. The lowest BCUT2D eigenvalue weighted by atomic mass is 10.2. The molecule has 1 atom stereocenters. The lowest BCUT2D eigenvalue weighted by Gasteiger charge is -2.04. The van der Waals surface area contributed by atoms with E-state index >= 15 is 0 Å². The molecule has 2 rings (SSSR count). The molecule has 2 nitrogen and oxygen atoms in total. The van der Waals surface area contributed by atoms with Crippen LogP contribution in [0.1, 0.15) is 23.8 Å². The molecular weight excluding hydrogens is 180 g/mol. The summed E-state index contributed by atoms with van der Waals surface area (Å²) in [5, 5.41) is 3.40. The maximum absolute atomic E-state index is 5.72. The Balaban J connectivity index is 2.15. The maximum atomic E-state index is 5.72. The van der Waals surface area contributed by atoms with Crippen molar-refractivity contribution in [3.63, 3.8) is 0 Å². The van der Waals surface area contributed by atoms with Crippen LogP contribution in [0.25, 0.3) is 0 Å². The number of thiazole rings is 1. The smallest absolute Gasteiger partial charge is 0.183 e. The van der Waals surface area contributed by atoms with Crippen LogP contribution < -0.4 is 5.32 Å². The van der Waals surface area contributed by atoms with Crippen LogP contribution in [-0.4, -0.2) is 11.5 Å². The first kappa shape index (κ1) is 7.53. The Morgan fingerprint density at radius 2 is 2.64 bits per heavy atom. The second-order valence-electron chi connectivity index (χ2n) is 2.66. The fraction of sp³-hybridized carbons (Fsp3) is 0.571. The molecule has 1 N–H and O–H groups in total. The van der Waals surface area contributed by atoms with Crippen molar-refractivity contribution in [2.45, 2.75) is 18.9 Å². The average Bonchev–Trinajstić information content (AvgIpc) is 2.55. The molecule has 0 spiro atoms. The van der Waals surface area contributed by atoms with E-state index in [0.717, 1.165) is 6.54 Å². The first-order valence-corrected chi connectivity index (χ1v) is 4.90. The van der Waals surface area contributed by atoms with Gasteiger partial charge < -0.3 is 5.32 Å². The van der Waals surface area contributed by atoms with Gasteiger partial charge in [-0.15, -0.1) is 11.3 Å². The van der Waals surface area contributed by atoms with Crippen molar-refractivity contribution in [3.8, 4) is 0 Å². The Labute approximate surface area is 74.6 Å². The SMILES string of the molecule is Clc1ncc(C2CCCN2)s1. The van der Waals surface area contributed by atoms with Gasteiger partial charge in [-0.2, -0.15) is 0 Å². The minimum Gasteiger partial charge on any atom is -0.309 e. The van der Waals surface area contributed by atoms with Gasteiger partial charge in [-0.05, 0) is 19.4 Å². The molecule has 0 saturated carbocycles. The van der Waals surface area contributed by atoms with E-state index in [9.17, 15) is 0 Å². The molecule has 1 aliphatic rings. The number of halogens is 1. The van der Waals surface area contributed by atoms with E-state index in [4.69, 9.17) is 11.6 Å². The number of nitrogens with zero attached hydrogens (tertiary/aromatic N) is 1. The molecule has 1 unspecified atom stereocenters. The fourth-order valence-corrected chi connectivity index (χ4v) is 2.42. The summed E-state index contributed by atoms with van der Waals surface area (Å²) >= 11 is 7.30. The van der Waals surface area contributed by atoms with Gasteiger partial charge in [0.25, 0.3) is 0 Å². The molecular formula is C7H9ClN2S. The number of rotatable bonds is 1. The highest BCUT2D eigenvalue weighted by Crippen LogP contribution is 2.29. The summed E-state index contributed by atoms with van der Waals surface area (Å²) < 4.78 is 0.647. The van der Waals surface area contributed by atoms with Gasteiger partial charge in [-0.3, -0.25) is 0 Å². The van der Waals surface area contributed by atoms with E-state index in [-0.39, 0.29) is 0 Å². The maximum Gasteiger partial charge on any atom is 0.183 e. The van der Waals surface area contributed by atoms with E-state index in [2.05, 4.69) is 10.3 Å². The molecule has 1 aromatic heterocycles. The summed E-state index contributed by atoms with van der Waals surface area (Å²) in [7, 11) is 0. The van der Waals surface area contributed by atoms with E-state index in [1.54, 1.807) is 11.3 Å². The highest BCUT2D eigenvalue weighted by Gasteiger charge is 2.17. The molecule has 0 aliphatic carbocycles. The van der Waals surface area contributed by atoms with Crippen molar-refractivity contribution in [3.05, 3.63) is 15.5 Å². The van der Waals surface area contributed by atoms with Crippen molar-refractivity contribution >= 4 is 22.9 Å². The zero-order valence-corrected chi connectivity index (χ0v) is 7.58. The zero-order valence-electron chi connectivity index (χ0n) is 6.01. The summed E-state index contributed by atoms with van der Waals surface area (Å²) in [4.78, 5) is 5.28. The van der Waals surface area contributed by atoms with Crippen LogP contribution in [0.3, 0.4) is 0 Å². The van der Waals surface area contributed by atoms with Crippen molar-refractivity contribution in [2.75, 3.05) is 6.54 Å². The third kappa shape index (κ3) is 1.55. The predicted octanol–water partition coefficient (Wildman–Crippen LogP) is 2.22. The molecule has 1 aromatic rings. The van der Waals surface area contributed by atoms with Crippen LogP contribution in [0.15, 0.2) is 6.20 Å². The molecule has 0 bridgehead atoms. The van der Waals surface area contributed by atoms with Crippen LogP contribution in [0.2, 0.25) is 4.47 Å². The number of hydrogen-bond acceptors (Lipinski definition) is 3. The van der Waals surface area contributed by atoms with E-state index < -0.39 is 0 Å². The summed E-state index contributed by atoms with van der Waals surface area (Å²) in [6.45, 7) is 1.13. The Hall–Kier alpha value is -0.120. The minimum atomic E-state index is 0.514. The van der Waals surface area contributed by atoms with Crippen LogP contribution >= 0.6 is 22.9 Å². The third-order valence-electron chi connectivity index (χ3n) is 1.90. The quantitative estimate of drug-likeness (QED) is 0.731. The monoisotopic (exact) mass is 188 g/mol. The lowest BCUT2D eigenvalue weighted by Crippen LogP contribution is -2.11. The van der Waals surface area contributed by atoms with Crippen molar-refractivity contribution in [2.24, 2.45) is 0 Å². The molecule has 0 aromatic carbocycles. The second kappa shape index (κ2) is 3.09. The van der Waals surface area contributed by atoms with Crippen molar-refractivity contribution < 1.29 is 0 Å². The second-order valence-corrected chi connectivity index (χ2v) is 4.31. The fourth-order valence-electron chi connectivity index (χ4n) is 1.35. The molecule has 0 radical (unpaired) electrons. The van der Waals surface area contributed by atoms with E-state index in [1.165, 1.54) is 17.7 Å². The van der Waals surface area contributed by atoms with Crippen molar-refractivity contribution in [1.29, 1.82) is 0 Å². The molecule has 4 heteroatoms. The Kier molecular flexibility index (Phi) is 2.11. The Bertz CT molecular complexity index is 242. The number of nitrogens with one attached hydrogen (secondary N) is 1. The normalized spacial score (nSPS) is 24.3. The largest absolute Gasteiger partial charge is 0.309 e. The van der Waals surface area contributed by atoms with E-state index in [0.29, 0.717) is 10.5 Å². The number of hydrogen-bond donors (Lipinski definition) is 1. The Morgan fingerprint density at radius 1 is 1.73 bits per heavy atom.